The van der Waals surface area contributed by atoms with Crippen molar-refractivity contribution in [1.82, 2.24) is 20.1 Å². The van der Waals surface area contributed by atoms with Gasteiger partial charge in [-0.1, -0.05) is 62.9 Å². The third-order valence-electron chi connectivity index (χ3n) is 7.69. The van der Waals surface area contributed by atoms with Crippen molar-refractivity contribution in [3.63, 3.8) is 0 Å². The molecular weight excluding hydrogens is 633 g/mol. The van der Waals surface area contributed by atoms with Crippen molar-refractivity contribution in [1.29, 1.82) is 0 Å². The number of methoxy groups -OCH3 is 1. The van der Waals surface area contributed by atoms with Crippen LogP contribution in [-0.4, -0.2) is 57.1 Å². The van der Waals surface area contributed by atoms with E-state index in [0.29, 0.717) is 28.1 Å². The molecule has 1 aliphatic heterocycles. The maximum absolute atomic E-state index is 13.1. The first-order valence-corrected chi connectivity index (χ1v) is 15.7. The van der Waals surface area contributed by atoms with Crippen molar-refractivity contribution in [2.24, 2.45) is 4.99 Å². The molecule has 0 radical (unpaired) electrons. The number of ether oxygens (including phenoxy) is 2. The Bertz CT molecular complexity index is 1770. The average molecular weight is 667 g/mol. The van der Waals surface area contributed by atoms with Gasteiger partial charge in [0.25, 0.3) is 0 Å². The minimum absolute atomic E-state index is 0.0870. The second-order valence-corrected chi connectivity index (χ2v) is 12.1. The number of alkyl halides is 3. The number of hydrogen-bond donors (Lipinski definition) is 1. The maximum Gasteiger partial charge on any atom is 0.573 e. The number of aliphatic imine (C=N–C) groups is 1. The number of rotatable bonds is 9. The summed E-state index contributed by atoms with van der Waals surface area (Å²) < 4.78 is 48.1. The van der Waals surface area contributed by atoms with Gasteiger partial charge in [0.15, 0.2) is 11.0 Å². The number of nitrogens with zero attached hydrogens (tertiary/aromatic N) is 5. The predicted octanol–water partition coefficient (Wildman–Crippen LogP) is 7.30. The molecular formula is C33H33F3N6O4S. The lowest BCUT2D eigenvalue weighted by atomic mass is 9.93. The molecule has 0 saturated carbocycles. The zero-order valence-electron chi connectivity index (χ0n) is 26.3. The minimum atomic E-state index is -4.77. The van der Waals surface area contributed by atoms with Crippen LogP contribution in [0.5, 0.6) is 11.5 Å². The van der Waals surface area contributed by atoms with E-state index in [1.165, 1.54) is 51.9 Å². The van der Waals surface area contributed by atoms with Gasteiger partial charge in [0.1, 0.15) is 17.8 Å². The van der Waals surface area contributed by atoms with E-state index >= 15 is 0 Å². The second-order valence-electron chi connectivity index (χ2n) is 11.2. The SMILES string of the molecule is COc1ccc(C(C)C)c(N2C(=O)CSC2=NC(=O)NC(C)C(C)c2ccc(-c3ncn(-c4ccc(OC(F)(F)F)cc4)n3)cc2)c1. The molecule has 5 rings (SSSR count). The number of benzene rings is 3. The van der Waals surface area contributed by atoms with Crippen molar-refractivity contribution in [2.45, 2.75) is 51.9 Å². The second kappa shape index (κ2) is 13.9. The van der Waals surface area contributed by atoms with Gasteiger partial charge in [0.05, 0.1) is 24.2 Å². The summed E-state index contributed by atoms with van der Waals surface area (Å²) in [6.07, 6.45) is -3.29. The highest BCUT2D eigenvalue weighted by atomic mass is 32.2. The number of carbonyl (C=O) groups excluding carboxylic acids is 2. The fourth-order valence-electron chi connectivity index (χ4n) is 5.00. The van der Waals surface area contributed by atoms with Gasteiger partial charge in [-0.15, -0.1) is 18.3 Å². The summed E-state index contributed by atoms with van der Waals surface area (Å²) in [6, 6.07) is 17.6. The molecule has 14 heteroatoms. The third-order valence-corrected chi connectivity index (χ3v) is 8.61. The Morgan fingerprint density at radius 3 is 2.32 bits per heavy atom. The molecule has 2 heterocycles. The molecule has 3 amide bonds. The Balaban J connectivity index is 1.24. The van der Waals surface area contributed by atoms with Crippen molar-refractivity contribution < 1.29 is 32.2 Å². The average Bonchev–Trinajstić information content (AvgIpc) is 3.67. The summed E-state index contributed by atoms with van der Waals surface area (Å²) in [5, 5.41) is 7.69. The quantitative estimate of drug-likeness (QED) is 0.200. The van der Waals surface area contributed by atoms with E-state index in [9.17, 15) is 22.8 Å². The first kappa shape index (κ1) is 33.5. The van der Waals surface area contributed by atoms with Gasteiger partial charge in [-0.05, 0) is 54.3 Å². The highest BCUT2D eigenvalue weighted by Crippen LogP contribution is 2.36. The fraction of sp³-hybridized carbons (Fsp3) is 0.303. The molecule has 0 aliphatic carbocycles. The van der Waals surface area contributed by atoms with Crippen molar-refractivity contribution in [3.8, 4) is 28.6 Å². The summed E-state index contributed by atoms with van der Waals surface area (Å²) >= 11 is 1.21. The van der Waals surface area contributed by atoms with E-state index in [1.807, 2.05) is 64.1 Å². The van der Waals surface area contributed by atoms with Gasteiger partial charge in [0.2, 0.25) is 5.91 Å². The monoisotopic (exact) mass is 666 g/mol. The number of thioether (sulfide) groups is 1. The van der Waals surface area contributed by atoms with Crippen molar-refractivity contribution in [3.05, 3.63) is 84.2 Å². The van der Waals surface area contributed by atoms with E-state index in [-0.39, 0.29) is 35.3 Å². The molecule has 1 N–H and O–H groups in total. The molecule has 10 nitrogen and oxygen atoms in total. The van der Waals surface area contributed by atoms with Crippen LogP contribution < -0.4 is 19.7 Å². The fourth-order valence-corrected chi connectivity index (χ4v) is 5.86. The minimum Gasteiger partial charge on any atom is -0.497 e. The van der Waals surface area contributed by atoms with Crippen LogP contribution in [0.2, 0.25) is 0 Å². The van der Waals surface area contributed by atoms with Crippen molar-refractivity contribution >= 4 is 34.6 Å². The van der Waals surface area contributed by atoms with Crippen LogP contribution >= 0.6 is 11.8 Å². The molecule has 1 aromatic heterocycles. The van der Waals surface area contributed by atoms with E-state index in [2.05, 4.69) is 25.1 Å². The molecule has 4 aromatic rings. The van der Waals surface area contributed by atoms with Crippen molar-refractivity contribution in [2.75, 3.05) is 17.8 Å². The van der Waals surface area contributed by atoms with Gasteiger partial charge in [-0.25, -0.2) is 14.5 Å². The van der Waals surface area contributed by atoms with Gasteiger partial charge < -0.3 is 14.8 Å². The topological polar surface area (TPSA) is 111 Å². The number of nitrogens with one attached hydrogen (secondary N) is 1. The van der Waals surface area contributed by atoms with Crippen LogP contribution in [0.3, 0.4) is 0 Å². The molecule has 2 unspecified atom stereocenters. The van der Waals surface area contributed by atoms with E-state index in [0.717, 1.165) is 16.7 Å². The standard InChI is InChI=1S/C33H33F3N6O4S/c1-19(2)27-15-14-26(45-5)16-28(27)42-29(43)17-47-32(42)39-31(44)38-21(4)20(3)22-6-8-23(9-7-22)30-37-18-41(40-30)24-10-12-25(13-11-24)46-33(34,35)36/h6-16,18-21H,17H2,1-5H3,(H,38,44). The van der Waals surface area contributed by atoms with Crippen LogP contribution in [0, 0.1) is 0 Å². The first-order chi connectivity index (χ1) is 22.3. The number of hydrogen-bond acceptors (Lipinski definition) is 7. The molecule has 47 heavy (non-hydrogen) atoms. The summed E-state index contributed by atoms with van der Waals surface area (Å²) in [6.45, 7) is 7.93. The molecule has 0 spiro atoms. The number of urea groups is 1. The summed E-state index contributed by atoms with van der Waals surface area (Å²) in [4.78, 5) is 36.1. The number of amides is 3. The Morgan fingerprint density at radius 1 is 1.00 bits per heavy atom. The molecule has 2 atom stereocenters. The third kappa shape index (κ3) is 7.94. The molecule has 1 saturated heterocycles. The first-order valence-electron chi connectivity index (χ1n) is 14.7. The lowest BCUT2D eigenvalue weighted by molar-refractivity contribution is -0.274. The predicted molar refractivity (Wildman–Crippen MR) is 174 cm³/mol. The Labute approximate surface area is 274 Å². The van der Waals surface area contributed by atoms with Gasteiger partial charge in [-0.3, -0.25) is 9.69 Å². The highest BCUT2D eigenvalue weighted by molar-refractivity contribution is 8.15. The zero-order valence-corrected chi connectivity index (χ0v) is 27.1. The Morgan fingerprint density at radius 2 is 1.68 bits per heavy atom. The van der Waals surface area contributed by atoms with E-state index in [1.54, 1.807) is 13.2 Å². The maximum atomic E-state index is 13.1. The number of amidine groups is 1. The van der Waals surface area contributed by atoms with Gasteiger partial charge >= 0.3 is 12.4 Å². The zero-order chi connectivity index (χ0) is 33.9. The van der Waals surface area contributed by atoms with Crippen LogP contribution in [-0.2, 0) is 4.79 Å². The highest BCUT2D eigenvalue weighted by Gasteiger charge is 2.33. The van der Waals surface area contributed by atoms with Gasteiger partial charge in [0, 0.05) is 23.6 Å². The summed E-state index contributed by atoms with van der Waals surface area (Å²) in [7, 11) is 1.56. The number of anilines is 1. The smallest absolute Gasteiger partial charge is 0.497 e. The van der Waals surface area contributed by atoms with Crippen LogP contribution in [0.4, 0.5) is 23.7 Å². The lowest BCUT2D eigenvalue weighted by Gasteiger charge is -2.23. The molecule has 1 fully saturated rings. The van der Waals surface area contributed by atoms with Crippen LogP contribution in [0.15, 0.2) is 78.0 Å². The molecule has 3 aromatic carbocycles. The van der Waals surface area contributed by atoms with Crippen LogP contribution in [0.1, 0.15) is 50.7 Å². The number of halogens is 3. The normalized spacial score (nSPS) is 15.6. The summed E-state index contributed by atoms with van der Waals surface area (Å²) in [5.74, 6) is 0.764. The lowest BCUT2D eigenvalue weighted by Crippen LogP contribution is -2.36. The number of carbonyl (C=O) groups is 2. The van der Waals surface area contributed by atoms with E-state index < -0.39 is 12.4 Å². The van der Waals surface area contributed by atoms with E-state index in [4.69, 9.17) is 4.74 Å². The van der Waals surface area contributed by atoms with Gasteiger partial charge in [-0.2, -0.15) is 4.99 Å². The Hall–Kier alpha value is -4.85. The molecule has 1 aliphatic rings. The van der Waals surface area contributed by atoms with Crippen LogP contribution in [0.25, 0.3) is 17.1 Å². The number of aromatic nitrogens is 3. The molecule has 0 bridgehead atoms. The largest absolute Gasteiger partial charge is 0.573 e. The Kier molecular flexibility index (Phi) is 9.89. The molecule has 246 valence electrons. The summed E-state index contributed by atoms with van der Waals surface area (Å²) in [5.41, 5.74) is 3.80.